The van der Waals surface area contributed by atoms with Gasteiger partial charge in [0.05, 0.1) is 11.2 Å². The van der Waals surface area contributed by atoms with Gasteiger partial charge >= 0.3 is 11.5 Å². The fraction of sp³-hybridized carbons (Fsp3) is 0.417. The van der Waals surface area contributed by atoms with E-state index in [1.54, 1.807) is 6.07 Å². The van der Waals surface area contributed by atoms with Crippen molar-refractivity contribution in [2.45, 2.75) is 32.7 Å². The second kappa shape index (κ2) is 6.62. The van der Waals surface area contributed by atoms with Crippen molar-refractivity contribution >= 4 is 26.7 Å². The number of fused-ring (bicyclic) bond motifs is 1. The molecule has 0 aliphatic rings. The Kier molecular flexibility index (Phi) is 5.64. The number of anilines is 1. The summed E-state index contributed by atoms with van der Waals surface area (Å²) >= 11 is 1.26. The lowest BCUT2D eigenvalue weighted by Gasteiger charge is -2.08. The molecule has 0 aliphatic carbocycles. The zero-order valence-electron chi connectivity index (χ0n) is 10.7. The molecule has 8 heteroatoms. The summed E-state index contributed by atoms with van der Waals surface area (Å²) in [4.78, 5) is 0. The van der Waals surface area contributed by atoms with Crippen LogP contribution in [0.5, 0.6) is 5.75 Å². The molecule has 0 amide bonds. The Balaban J connectivity index is 0.00000200. The van der Waals surface area contributed by atoms with Crippen LogP contribution in [0.4, 0.5) is 18.3 Å². The van der Waals surface area contributed by atoms with E-state index in [1.165, 1.54) is 23.5 Å². The zero-order valence-corrected chi connectivity index (χ0v) is 13.1. The van der Waals surface area contributed by atoms with Gasteiger partial charge in [0.25, 0.3) is 0 Å². The SMILES string of the molecule is CCCC[n+]1c(N)sc2cc(OC(F)(F)F)ccc21.[Br-]. The van der Waals surface area contributed by atoms with E-state index in [4.69, 9.17) is 5.73 Å². The van der Waals surface area contributed by atoms with E-state index in [2.05, 4.69) is 11.7 Å². The summed E-state index contributed by atoms with van der Waals surface area (Å²) in [5, 5.41) is 0.590. The van der Waals surface area contributed by atoms with Crippen molar-refractivity contribution in [3.8, 4) is 5.75 Å². The number of ether oxygens (including phenoxy) is 1. The van der Waals surface area contributed by atoms with Gasteiger partial charge in [0.15, 0.2) is 0 Å². The first kappa shape index (κ1) is 17.0. The Morgan fingerprint density at radius 1 is 1.35 bits per heavy atom. The van der Waals surface area contributed by atoms with E-state index < -0.39 is 6.36 Å². The summed E-state index contributed by atoms with van der Waals surface area (Å²) in [6.45, 7) is 2.84. The van der Waals surface area contributed by atoms with Crippen LogP contribution in [0.1, 0.15) is 19.8 Å². The molecule has 20 heavy (non-hydrogen) atoms. The van der Waals surface area contributed by atoms with Gasteiger partial charge in [-0.25, -0.2) is 4.57 Å². The van der Waals surface area contributed by atoms with Gasteiger partial charge in [-0.3, -0.25) is 5.73 Å². The molecule has 2 aromatic rings. The quantitative estimate of drug-likeness (QED) is 0.794. The van der Waals surface area contributed by atoms with E-state index in [1.807, 2.05) is 4.57 Å². The minimum absolute atomic E-state index is 0. The molecule has 0 bridgehead atoms. The molecule has 1 heterocycles. The molecule has 0 saturated carbocycles. The monoisotopic (exact) mass is 370 g/mol. The fourth-order valence-corrected chi connectivity index (χ4v) is 2.81. The number of nitrogens with zero attached hydrogens (tertiary/aromatic N) is 1. The average molecular weight is 371 g/mol. The van der Waals surface area contributed by atoms with Crippen molar-refractivity contribution in [2.24, 2.45) is 0 Å². The number of aryl methyl sites for hydroxylation is 1. The lowest BCUT2D eigenvalue weighted by molar-refractivity contribution is -0.653. The van der Waals surface area contributed by atoms with Crippen LogP contribution in [0, 0.1) is 0 Å². The smallest absolute Gasteiger partial charge is 0.573 e. The largest absolute Gasteiger partial charge is 1.00 e. The number of alkyl halides is 3. The molecule has 0 radical (unpaired) electrons. The lowest BCUT2D eigenvalue weighted by atomic mass is 10.3. The van der Waals surface area contributed by atoms with Gasteiger partial charge in [-0.15, -0.1) is 13.2 Å². The Bertz CT molecular complexity index is 586. The number of nitrogens with two attached hydrogens (primary N) is 1. The molecule has 0 saturated heterocycles. The highest BCUT2D eigenvalue weighted by molar-refractivity contribution is 7.21. The number of benzene rings is 1. The summed E-state index contributed by atoms with van der Waals surface area (Å²) in [6.07, 6.45) is -2.67. The lowest BCUT2D eigenvalue weighted by Crippen LogP contribution is -3.00. The van der Waals surface area contributed by atoms with Crippen molar-refractivity contribution < 1.29 is 39.5 Å². The molecule has 0 fully saturated rings. The predicted octanol–water partition coefficient (Wildman–Crippen LogP) is 0.474. The van der Waals surface area contributed by atoms with Crippen molar-refractivity contribution in [2.75, 3.05) is 5.73 Å². The van der Waals surface area contributed by atoms with E-state index in [0.717, 1.165) is 24.9 Å². The Morgan fingerprint density at radius 3 is 2.65 bits per heavy atom. The normalized spacial score (nSPS) is 11.4. The number of unbranched alkanes of at least 4 members (excludes halogenated alkanes) is 1. The molecule has 112 valence electrons. The van der Waals surface area contributed by atoms with Crippen LogP contribution in [-0.2, 0) is 6.54 Å². The third-order valence-corrected chi connectivity index (χ3v) is 3.65. The molecular weight excluding hydrogens is 357 g/mol. The number of hydrogen-bond donors (Lipinski definition) is 1. The molecule has 1 aromatic heterocycles. The van der Waals surface area contributed by atoms with Gasteiger partial charge in [0.1, 0.15) is 11.3 Å². The molecule has 0 atom stereocenters. The van der Waals surface area contributed by atoms with Crippen molar-refractivity contribution in [1.82, 2.24) is 0 Å². The van der Waals surface area contributed by atoms with Crippen LogP contribution >= 0.6 is 11.3 Å². The molecule has 2 rings (SSSR count). The van der Waals surface area contributed by atoms with Gasteiger partial charge in [-0.2, -0.15) is 0 Å². The zero-order chi connectivity index (χ0) is 14.0. The molecular formula is C12H14BrF3N2OS. The second-order valence-corrected chi connectivity index (χ2v) is 5.19. The first-order valence-electron chi connectivity index (χ1n) is 5.88. The van der Waals surface area contributed by atoms with E-state index >= 15 is 0 Å². The van der Waals surface area contributed by atoms with Gasteiger partial charge < -0.3 is 21.7 Å². The molecule has 2 N–H and O–H groups in total. The summed E-state index contributed by atoms with van der Waals surface area (Å²) in [7, 11) is 0. The maximum absolute atomic E-state index is 12.1. The number of halogens is 4. The fourth-order valence-electron chi connectivity index (χ4n) is 1.83. The van der Waals surface area contributed by atoms with E-state index in [0.29, 0.717) is 9.83 Å². The molecule has 1 aromatic carbocycles. The summed E-state index contributed by atoms with van der Waals surface area (Å²) in [5.41, 5.74) is 6.73. The van der Waals surface area contributed by atoms with Crippen LogP contribution in [0.25, 0.3) is 10.2 Å². The average Bonchev–Trinajstić information content (AvgIpc) is 2.59. The van der Waals surface area contributed by atoms with Gasteiger partial charge in [0.2, 0.25) is 0 Å². The predicted molar refractivity (Wildman–Crippen MR) is 68.0 cm³/mol. The minimum atomic E-state index is -4.67. The Hall–Kier alpha value is -1.02. The highest BCUT2D eigenvalue weighted by Crippen LogP contribution is 2.29. The minimum Gasteiger partial charge on any atom is -1.00 e. The van der Waals surface area contributed by atoms with Crippen LogP contribution < -0.4 is 32.0 Å². The number of rotatable bonds is 4. The first-order valence-corrected chi connectivity index (χ1v) is 6.70. The molecule has 0 aliphatic heterocycles. The van der Waals surface area contributed by atoms with Crippen LogP contribution in [0.2, 0.25) is 0 Å². The third kappa shape index (κ3) is 3.99. The summed E-state index contributed by atoms with van der Waals surface area (Å²) < 4.78 is 42.9. The van der Waals surface area contributed by atoms with Gasteiger partial charge in [-0.1, -0.05) is 13.3 Å². The van der Waals surface area contributed by atoms with Gasteiger partial charge in [-0.05, 0) is 29.9 Å². The molecule has 0 spiro atoms. The first-order chi connectivity index (χ1) is 8.90. The Morgan fingerprint density at radius 2 is 2.05 bits per heavy atom. The van der Waals surface area contributed by atoms with E-state index in [9.17, 15) is 13.2 Å². The summed E-state index contributed by atoms with van der Waals surface area (Å²) in [5.74, 6) is -0.219. The van der Waals surface area contributed by atoms with Crippen LogP contribution in [0.15, 0.2) is 18.2 Å². The van der Waals surface area contributed by atoms with Gasteiger partial charge in [0, 0.05) is 6.07 Å². The number of thiazole rings is 1. The second-order valence-electron chi connectivity index (χ2n) is 4.12. The number of nitrogen functional groups attached to an aromatic ring is 1. The molecule has 3 nitrogen and oxygen atoms in total. The van der Waals surface area contributed by atoms with Crippen LogP contribution in [0.3, 0.4) is 0 Å². The molecule has 0 unspecified atom stereocenters. The Labute approximate surface area is 128 Å². The number of hydrogen-bond acceptors (Lipinski definition) is 3. The van der Waals surface area contributed by atoms with Crippen molar-refractivity contribution in [1.29, 1.82) is 0 Å². The van der Waals surface area contributed by atoms with Crippen molar-refractivity contribution in [3.05, 3.63) is 18.2 Å². The highest BCUT2D eigenvalue weighted by atomic mass is 79.9. The third-order valence-electron chi connectivity index (χ3n) is 2.67. The highest BCUT2D eigenvalue weighted by Gasteiger charge is 2.31. The maximum atomic E-state index is 12.1. The standard InChI is InChI=1S/C12H13F3N2OS.BrH/c1-2-3-6-17-9-5-4-8(18-12(13,14)15)7-10(9)19-11(17)16;/h4-5,7,16H,2-3,6H2,1H3;1H. The maximum Gasteiger partial charge on any atom is 0.573 e. The number of aromatic nitrogens is 1. The van der Waals surface area contributed by atoms with Crippen LogP contribution in [-0.4, -0.2) is 6.36 Å². The van der Waals surface area contributed by atoms with E-state index in [-0.39, 0.29) is 22.7 Å². The summed E-state index contributed by atoms with van der Waals surface area (Å²) in [6, 6.07) is 4.29. The topological polar surface area (TPSA) is 39.1 Å². The van der Waals surface area contributed by atoms with Crippen molar-refractivity contribution in [3.63, 3.8) is 0 Å².